The highest BCUT2D eigenvalue weighted by molar-refractivity contribution is 5.24. The monoisotopic (exact) mass is 290 g/mol. The number of nitrogens with two attached hydrogens (primary N) is 1. The first kappa shape index (κ1) is 15.6. The lowest BCUT2D eigenvalue weighted by Crippen LogP contribution is -2.41. The molecule has 0 radical (unpaired) electrons. The molecule has 2 aromatic carbocycles. The Morgan fingerprint density at radius 1 is 1.10 bits per heavy atom. The second kappa shape index (κ2) is 7.29. The summed E-state index contributed by atoms with van der Waals surface area (Å²) < 4.78 is 26.8. The van der Waals surface area contributed by atoms with Gasteiger partial charge in [-0.3, -0.25) is 11.3 Å². The Labute approximate surface area is 124 Å². The van der Waals surface area contributed by atoms with E-state index in [9.17, 15) is 8.78 Å². The number of hydrogen-bond donors (Lipinski definition) is 2. The summed E-state index contributed by atoms with van der Waals surface area (Å²) in [7, 11) is 0. The van der Waals surface area contributed by atoms with E-state index >= 15 is 0 Å². The quantitative estimate of drug-likeness (QED) is 0.631. The van der Waals surface area contributed by atoms with Gasteiger partial charge in [-0.05, 0) is 30.0 Å². The number of benzene rings is 2. The average Bonchev–Trinajstić information content (AvgIpc) is 2.50. The smallest absolute Gasteiger partial charge is 0.129 e. The van der Waals surface area contributed by atoms with E-state index in [1.165, 1.54) is 12.1 Å². The van der Waals surface area contributed by atoms with E-state index in [4.69, 9.17) is 5.84 Å². The van der Waals surface area contributed by atoms with Crippen molar-refractivity contribution in [2.75, 3.05) is 0 Å². The zero-order chi connectivity index (χ0) is 15.2. The van der Waals surface area contributed by atoms with Gasteiger partial charge < -0.3 is 0 Å². The SMILES string of the molecule is CCC(c1ccccc1)C(Cc1ccc(F)cc1F)NN. The summed E-state index contributed by atoms with van der Waals surface area (Å²) in [6.45, 7) is 2.07. The Hall–Kier alpha value is -1.78. The van der Waals surface area contributed by atoms with E-state index in [0.29, 0.717) is 12.0 Å². The van der Waals surface area contributed by atoms with Crippen LogP contribution < -0.4 is 11.3 Å². The zero-order valence-electron chi connectivity index (χ0n) is 12.0. The molecule has 0 aliphatic rings. The van der Waals surface area contributed by atoms with Gasteiger partial charge in [0.1, 0.15) is 11.6 Å². The molecule has 0 bridgehead atoms. The van der Waals surface area contributed by atoms with Crippen molar-refractivity contribution in [2.45, 2.75) is 31.7 Å². The highest BCUT2D eigenvalue weighted by Crippen LogP contribution is 2.26. The minimum absolute atomic E-state index is 0.114. The van der Waals surface area contributed by atoms with Crippen molar-refractivity contribution < 1.29 is 8.78 Å². The summed E-state index contributed by atoms with van der Waals surface area (Å²) in [6.07, 6.45) is 1.29. The van der Waals surface area contributed by atoms with Gasteiger partial charge in [-0.1, -0.05) is 43.3 Å². The van der Waals surface area contributed by atoms with Gasteiger partial charge in [0.05, 0.1) is 0 Å². The maximum Gasteiger partial charge on any atom is 0.129 e. The van der Waals surface area contributed by atoms with Crippen LogP contribution in [-0.2, 0) is 6.42 Å². The molecule has 4 heteroatoms. The van der Waals surface area contributed by atoms with Crippen LogP contribution >= 0.6 is 0 Å². The molecule has 3 N–H and O–H groups in total. The lowest BCUT2D eigenvalue weighted by Gasteiger charge is -2.26. The molecule has 112 valence electrons. The van der Waals surface area contributed by atoms with Gasteiger partial charge in [-0.15, -0.1) is 0 Å². The van der Waals surface area contributed by atoms with Gasteiger partial charge in [0.2, 0.25) is 0 Å². The van der Waals surface area contributed by atoms with E-state index in [1.54, 1.807) is 0 Å². The molecule has 21 heavy (non-hydrogen) atoms. The first-order valence-corrected chi connectivity index (χ1v) is 7.10. The van der Waals surface area contributed by atoms with Crippen LogP contribution in [0.4, 0.5) is 8.78 Å². The van der Waals surface area contributed by atoms with Crippen LogP contribution in [0, 0.1) is 11.6 Å². The lowest BCUT2D eigenvalue weighted by molar-refractivity contribution is 0.420. The molecule has 0 amide bonds. The molecule has 0 aliphatic carbocycles. The van der Waals surface area contributed by atoms with Crippen LogP contribution in [-0.4, -0.2) is 6.04 Å². The first-order chi connectivity index (χ1) is 10.2. The zero-order valence-corrected chi connectivity index (χ0v) is 12.0. The fourth-order valence-corrected chi connectivity index (χ4v) is 2.69. The standard InChI is InChI=1S/C17H20F2N2/c1-2-15(12-6-4-3-5-7-12)17(21-20)10-13-8-9-14(18)11-16(13)19/h3-9,11,15,17,21H,2,10,20H2,1H3. The van der Waals surface area contributed by atoms with E-state index in [1.807, 2.05) is 30.3 Å². The van der Waals surface area contributed by atoms with Gasteiger partial charge in [0, 0.05) is 18.0 Å². The van der Waals surface area contributed by atoms with Crippen molar-refractivity contribution in [3.05, 3.63) is 71.3 Å². The van der Waals surface area contributed by atoms with Crippen LogP contribution in [0.2, 0.25) is 0 Å². The number of rotatable bonds is 6. The van der Waals surface area contributed by atoms with Gasteiger partial charge in [-0.2, -0.15) is 0 Å². The van der Waals surface area contributed by atoms with Crippen LogP contribution in [0.25, 0.3) is 0 Å². The Morgan fingerprint density at radius 3 is 2.38 bits per heavy atom. The highest BCUT2D eigenvalue weighted by Gasteiger charge is 2.22. The molecule has 0 aromatic heterocycles. The average molecular weight is 290 g/mol. The molecule has 0 saturated heterocycles. The second-order valence-electron chi connectivity index (χ2n) is 5.14. The minimum Gasteiger partial charge on any atom is -0.271 e. The summed E-state index contributed by atoms with van der Waals surface area (Å²) in [4.78, 5) is 0. The molecule has 0 aliphatic heterocycles. The molecule has 0 fully saturated rings. The third kappa shape index (κ3) is 3.86. The summed E-state index contributed by atoms with van der Waals surface area (Å²) in [6, 6.07) is 13.5. The van der Waals surface area contributed by atoms with Crippen LogP contribution in [0.1, 0.15) is 30.4 Å². The molecule has 2 rings (SSSR count). The van der Waals surface area contributed by atoms with Crippen molar-refractivity contribution in [3.63, 3.8) is 0 Å². The summed E-state index contributed by atoms with van der Waals surface area (Å²) in [5.74, 6) is 4.74. The van der Waals surface area contributed by atoms with E-state index in [2.05, 4.69) is 12.3 Å². The second-order valence-corrected chi connectivity index (χ2v) is 5.14. The van der Waals surface area contributed by atoms with Crippen LogP contribution in [0.3, 0.4) is 0 Å². The Bertz CT molecular complexity index is 572. The first-order valence-electron chi connectivity index (χ1n) is 7.10. The van der Waals surface area contributed by atoms with E-state index < -0.39 is 11.6 Å². The number of halogens is 2. The van der Waals surface area contributed by atoms with Crippen molar-refractivity contribution in [3.8, 4) is 0 Å². The van der Waals surface area contributed by atoms with Crippen LogP contribution in [0.5, 0.6) is 0 Å². The molecular formula is C17H20F2N2. The molecule has 0 saturated carbocycles. The van der Waals surface area contributed by atoms with Crippen molar-refractivity contribution >= 4 is 0 Å². The maximum absolute atomic E-state index is 13.8. The molecule has 2 unspecified atom stereocenters. The number of hydrogen-bond acceptors (Lipinski definition) is 2. The number of nitrogens with one attached hydrogen (secondary N) is 1. The molecule has 0 spiro atoms. The normalized spacial score (nSPS) is 13.9. The van der Waals surface area contributed by atoms with Crippen molar-refractivity contribution in [1.82, 2.24) is 5.43 Å². The van der Waals surface area contributed by atoms with Crippen LogP contribution in [0.15, 0.2) is 48.5 Å². The van der Waals surface area contributed by atoms with Crippen molar-refractivity contribution in [1.29, 1.82) is 0 Å². The summed E-state index contributed by atoms with van der Waals surface area (Å²) >= 11 is 0. The van der Waals surface area contributed by atoms with Gasteiger partial charge >= 0.3 is 0 Å². The van der Waals surface area contributed by atoms with Gasteiger partial charge in [-0.25, -0.2) is 8.78 Å². The maximum atomic E-state index is 13.8. The summed E-state index contributed by atoms with van der Waals surface area (Å²) in [5.41, 5.74) is 4.41. The molecule has 2 nitrogen and oxygen atoms in total. The van der Waals surface area contributed by atoms with E-state index in [0.717, 1.165) is 18.1 Å². The fraction of sp³-hybridized carbons (Fsp3) is 0.294. The summed E-state index contributed by atoms with van der Waals surface area (Å²) in [5, 5.41) is 0. The number of hydrazine groups is 1. The van der Waals surface area contributed by atoms with Gasteiger partial charge in [0.25, 0.3) is 0 Å². The molecule has 2 aromatic rings. The van der Waals surface area contributed by atoms with E-state index in [-0.39, 0.29) is 12.0 Å². The lowest BCUT2D eigenvalue weighted by atomic mass is 9.86. The van der Waals surface area contributed by atoms with Crippen molar-refractivity contribution in [2.24, 2.45) is 5.84 Å². The molecule has 2 atom stereocenters. The fourth-order valence-electron chi connectivity index (χ4n) is 2.69. The Balaban J connectivity index is 2.22. The van der Waals surface area contributed by atoms with Gasteiger partial charge in [0.15, 0.2) is 0 Å². The Kier molecular flexibility index (Phi) is 5.42. The largest absolute Gasteiger partial charge is 0.271 e. The topological polar surface area (TPSA) is 38.0 Å². The highest BCUT2D eigenvalue weighted by atomic mass is 19.1. The minimum atomic E-state index is -0.566. The third-order valence-corrected chi connectivity index (χ3v) is 3.82. The molecule has 0 heterocycles. The Morgan fingerprint density at radius 2 is 1.81 bits per heavy atom. The third-order valence-electron chi connectivity index (χ3n) is 3.82. The predicted octanol–water partition coefficient (Wildman–Crippen LogP) is 3.53. The predicted molar refractivity (Wildman–Crippen MR) is 80.6 cm³/mol. The molecular weight excluding hydrogens is 270 g/mol.